The minimum Gasteiger partial charge on any atom is -0.395 e. The molecule has 1 heterocycles. The van der Waals surface area contributed by atoms with Crippen molar-refractivity contribution in [1.29, 1.82) is 0 Å². The highest BCUT2D eigenvalue weighted by Gasteiger charge is 2.26. The molecule has 15 heavy (non-hydrogen) atoms. The molecule has 0 aliphatic carbocycles. The van der Waals surface area contributed by atoms with Gasteiger partial charge in [0.15, 0.2) is 0 Å². The summed E-state index contributed by atoms with van der Waals surface area (Å²) in [6, 6.07) is -0.468. The Labute approximate surface area is 88.4 Å². The van der Waals surface area contributed by atoms with Gasteiger partial charge in [0.1, 0.15) is 0 Å². The molecule has 0 aromatic heterocycles. The van der Waals surface area contributed by atoms with Gasteiger partial charge in [0.05, 0.1) is 19.2 Å². The van der Waals surface area contributed by atoms with Gasteiger partial charge in [0, 0.05) is 13.1 Å². The third-order valence-corrected chi connectivity index (χ3v) is 2.34. The topological polar surface area (TPSA) is 95.7 Å². The van der Waals surface area contributed by atoms with E-state index in [9.17, 15) is 9.59 Å². The molecule has 0 aromatic rings. The van der Waals surface area contributed by atoms with Gasteiger partial charge in [-0.15, -0.1) is 0 Å². The minimum atomic E-state index is -0.468. The maximum atomic E-state index is 11.5. The molecule has 0 spiro atoms. The summed E-state index contributed by atoms with van der Waals surface area (Å²) in [5.74, 6) is -0.424. The van der Waals surface area contributed by atoms with Crippen LogP contribution in [-0.2, 0) is 9.59 Å². The molecule has 6 nitrogen and oxygen atoms in total. The average Bonchev–Trinajstić information content (AvgIpc) is 2.22. The lowest BCUT2D eigenvalue weighted by atomic mass is 10.1. The molecule has 86 valence electrons. The van der Waals surface area contributed by atoms with Crippen molar-refractivity contribution in [3.05, 3.63) is 0 Å². The van der Waals surface area contributed by atoms with E-state index in [0.717, 1.165) is 6.42 Å². The van der Waals surface area contributed by atoms with E-state index in [4.69, 9.17) is 10.8 Å². The summed E-state index contributed by atoms with van der Waals surface area (Å²) in [5, 5.41) is 11.0. The molecule has 0 saturated carbocycles. The molecule has 1 fully saturated rings. The summed E-state index contributed by atoms with van der Waals surface area (Å²) in [7, 11) is 0. The zero-order valence-electron chi connectivity index (χ0n) is 8.61. The number of carbonyl (C=O) groups excluding carboxylic acids is 2. The van der Waals surface area contributed by atoms with E-state index in [-0.39, 0.29) is 31.5 Å². The third-order valence-electron chi connectivity index (χ3n) is 2.34. The summed E-state index contributed by atoms with van der Waals surface area (Å²) < 4.78 is 0. The van der Waals surface area contributed by atoms with Crippen LogP contribution in [-0.4, -0.2) is 54.1 Å². The Morgan fingerprint density at radius 3 is 3.07 bits per heavy atom. The highest BCUT2D eigenvalue weighted by atomic mass is 16.3. The van der Waals surface area contributed by atoms with Gasteiger partial charge in [-0.2, -0.15) is 0 Å². The molecular weight excluding hydrogens is 198 g/mol. The number of rotatable bonds is 4. The number of likely N-dealkylation sites (tertiary alicyclic amines) is 1. The molecular formula is C9H17N3O3. The SMILES string of the molecule is NC1CCCN(CC(=O)NCCO)C1=O. The van der Waals surface area contributed by atoms with Crippen LogP contribution in [0.3, 0.4) is 0 Å². The molecule has 0 bridgehead atoms. The van der Waals surface area contributed by atoms with Crippen LogP contribution in [0.5, 0.6) is 0 Å². The Morgan fingerprint density at radius 2 is 2.40 bits per heavy atom. The van der Waals surface area contributed by atoms with Crippen LogP contribution >= 0.6 is 0 Å². The average molecular weight is 215 g/mol. The van der Waals surface area contributed by atoms with Crippen molar-refractivity contribution < 1.29 is 14.7 Å². The van der Waals surface area contributed by atoms with Crippen molar-refractivity contribution in [3.8, 4) is 0 Å². The van der Waals surface area contributed by atoms with E-state index >= 15 is 0 Å². The first-order valence-corrected chi connectivity index (χ1v) is 5.07. The van der Waals surface area contributed by atoms with Gasteiger partial charge in [-0.05, 0) is 12.8 Å². The van der Waals surface area contributed by atoms with Crippen molar-refractivity contribution in [3.63, 3.8) is 0 Å². The minimum absolute atomic E-state index is 0.0343. The normalized spacial score (nSPS) is 21.6. The Balaban J connectivity index is 2.36. The van der Waals surface area contributed by atoms with E-state index in [1.807, 2.05) is 0 Å². The summed E-state index contributed by atoms with van der Waals surface area (Å²) in [6.45, 7) is 0.734. The lowest BCUT2D eigenvalue weighted by Gasteiger charge is -2.29. The van der Waals surface area contributed by atoms with Gasteiger partial charge in [0.25, 0.3) is 0 Å². The van der Waals surface area contributed by atoms with Crippen LogP contribution < -0.4 is 11.1 Å². The molecule has 1 aliphatic heterocycles. The van der Waals surface area contributed by atoms with Crippen molar-refractivity contribution in [2.75, 3.05) is 26.2 Å². The van der Waals surface area contributed by atoms with Gasteiger partial charge >= 0.3 is 0 Å². The predicted molar refractivity (Wildman–Crippen MR) is 53.9 cm³/mol. The standard InChI is InChI=1S/C9H17N3O3/c10-7-2-1-4-12(9(7)15)6-8(14)11-3-5-13/h7,13H,1-6,10H2,(H,11,14). The Bertz CT molecular complexity index is 245. The summed E-state index contributed by atoms with van der Waals surface area (Å²) in [4.78, 5) is 24.2. The Hall–Kier alpha value is -1.14. The lowest BCUT2D eigenvalue weighted by Crippen LogP contribution is -2.51. The highest BCUT2D eigenvalue weighted by Crippen LogP contribution is 2.08. The second-order valence-electron chi connectivity index (χ2n) is 3.58. The van der Waals surface area contributed by atoms with Gasteiger partial charge in [0.2, 0.25) is 11.8 Å². The summed E-state index contributed by atoms with van der Waals surface area (Å²) in [6.07, 6.45) is 1.52. The van der Waals surface area contributed by atoms with Crippen LogP contribution in [0.15, 0.2) is 0 Å². The number of aliphatic hydroxyl groups excluding tert-OH is 1. The molecule has 2 amide bonds. The fraction of sp³-hybridized carbons (Fsp3) is 0.778. The number of nitrogens with two attached hydrogens (primary N) is 1. The van der Waals surface area contributed by atoms with Crippen LogP contribution in [0, 0.1) is 0 Å². The first-order valence-electron chi connectivity index (χ1n) is 5.07. The quantitative estimate of drug-likeness (QED) is 0.507. The first-order chi connectivity index (χ1) is 7.15. The smallest absolute Gasteiger partial charge is 0.239 e. The number of nitrogens with zero attached hydrogens (tertiary/aromatic N) is 1. The second kappa shape index (κ2) is 5.67. The maximum absolute atomic E-state index is 11.5. The van der Waals surface area contributed by atoms with E-state index in [1.54, 1.807) is 0 Å². The van der Waals surface area contributed by atoms with Gasteiger partial charge in [-0.1, -0.05) is 0 Å². The van der Waals surface area contributed by atoms with E-state index in [0.29, 0.717) is 13.0 Å². The van der Waals surface area contributed by atoms with Crippen molar-refractivity contribution in [2.24, 2.45) is 5.73 Å². The summed E-state index contributed by atoms with van der Waals surface area (Å²) in [5.41, 5.74) is 5.58. The summed E-state index contributed by atoms with van der Waals surface area (Å²) >= 11 is 0. The number of nitrogens with one attached hydrogen (secondary N) is 1. The Kier molecular flexibility index (Phi) is 4.51. The van der Waals surface area contributed by atoms with Crippen molar-refractivity contribution in [1.82, 2.24) is 10.2 Å². The van der Waals surface area contributed by atoms with Crippen LogP contribution in [0.25, 0.3) is 0 Å². The van der Waals surface area contributed by atoms with Crippen molar-refractivity contribution >= 4 is 11.8 Å². The molecule has 1 unspecified atom stereocenters. The largest absolute Gasteiger partial charge is 0.395 e. The van der Waals surface area contributed by atoms with E-state index in [2.05, 4.69) is 5.32 Å². The van der Waals surface area contributed by atoms with Gasteiger partial charge in [-0.3, -0.25) is 9.59 Å². The number of hydrogen-bond donors (Lipinski definition) is 3. The van der Waals surface area contributed by atoms with Crippen LogP contribution in [0.1, 0.15) is 12.8 Å². The van der Waals surface area contributed by atoms with Crippen molar-refractivity contribution in [2.45, 2.75) is 18.9 Å². The number of piperidine rings is 1. The van der Waals surface area contributed by atoms with Gasteiger partial charge < -0.3 is 21.1 Å². The molecule has 1 atom stereocenters. The van der Waals surface area contributed by atoms with Crippen LogP contribution in [0.2, 0.25) is 0 Å². The second-order valence-corrected chi connectivity index (χ2v) is 3.58. The lowest BCUT2D eigenvalue weighted by molar-refractivity contribution is -0.139. The monoisotopic (exact) mass is 215 g/mol. The highest BCUT2D eigenvalue weighted by molar-refractivity contribution is 5.87. The first kappa shape index (κ1) is 11.9. The van der Waals surface area contributed by atoms with E-state index in [1.165, 1.54) is 4.90 Å². The zero-order chi connectivity index (χ0) is 11.3. The number of aliphatic hydroxyl groups is 1. The molecule has 1 rings (SSSR count). The molecule has 0 aromatic carbocycles. The molecule has 1 aliphatic rings. The molecule has 1 saturated heterocycles. The van der Waals surface area contributed by atoms with E-state index < -0.39 is 6.04 Å². The molecule has 4 N–H and O–H groups in total. The molecule has 6 heteroatoms. The molecule has 0 radical (unpaired) electrons. The number of hydrogen-bond acceptors (Lipinski definition) is 4. The number of carbonyl (C=O) groups is 2. The number of amides is 2. The zero-order valence-corrected chi connectivity index (χ0v) is 8.61. The fourth-order valence-corrected chi connectivity index (χ4v) is 1.55. The third kappa shape index (κ3) is 3.49. The van der Waals surface area contributed by atoms with Gasteiger partial charge in [-0.25, -0.2) is 0 Å². The predicted octanol–water partition coefficient (Wildman–Crippen LogP) is -1.96. The van der Waals surface area contributed by atoms with Crippen LogP contribution in [0.4, 0.5) is 0 Å². The Morgan fingerprint density at radius 1 is 1.67 bits per heavy atom. The fourth-order valence-electron chi connectivity index (χ4n) is 1.55. The maximum Gasteiger partial charge on any atom is 0.239 e.